The Kier molecular flexibility index (Phi) is 6.34. The highest BCUT2D eigenvalue weighted by atomic mass is 16.6. The lowest BCUT2D eigenvalue weighted by Gasteiger charge is -2.35. The van der Waals surface area contributed by atoms with E-state index in [2.05, 4.69) is 22.0 Å². The molecule has 0 aliphatic carbocycles. The van der Waals surface area contributed by atoms with E-state index in [4.69, 9.17) is 18.7 Å². The molecule has 1 aliphatic heterocycles. The molecule has 2 aromatic carbocycles. The normalized spacial score (nSPS) is 15.9. The number of ether oxygens (including phenoxy) is 3. The highest BCUT2D eigenvalue weighted by molar-refractivity contribution is 5.72. The third-order valence-corrected chi connectivity index (χ3v) is 5.88. The van der Waals surface area contributed by atoms with Crippen molar-refractivity contribution in [3.8, 4) is 40.1 Å². The van der Waals surface area contributed by atoms with Crippen LogP contribution in [0.4, 0.5) is 11.4 Å². The maximum Gasteiger partial charge on any atom is 0.293 e. The van der Waals surface area contributed by atoms with Crippen molar-refractivity contribution in [3.05, 3.63) is 40.4 Å². The van der Waals surface area contributed by atoms with Crippen LogP contribution in [0, 0.1) is 10.1 Å². The average molecular weight is 454 g/mol. The molecule has 10 heteroatoms. The minimum absolute atomic E-state index is 0.0220. The van der Waals surface area contributed by atoms with Crippen LogP contribution in [0.2, 0.25) is 0 Å². The molecule has 1 aliphatic rings. The second kappa shape index (κ2) is 9.35. The standard InChI is InChI=1S/C23H26N4O6/c1-14-7-5-6-10-26(14)17-9-8-15(11-18(17)27(28)29)23-24-22(25-33-23)16-12-19(30-2)21(32-4)20(13-16)31-3/h8-9,11-14H,5-7,10H2,1-4H3/t14-/m0/s1. The van der Waals surface area contributed by atoms with Gasteiger partial charge in [-0.25, -0.2) is 0 Å². The van der Waals surface area contributed by atoms with Crippen molar-refractivity contribution in [3.63, 3.8) is 0 Å². The highest BCUT2D eigenvalue weighted by Gasteiger charge is 2.27. The molecule has 0 N–H and O–H groups in total. The topological polar surface area (TPSA) is 113 Å². The zero-order chi connectivity index (χ0) is 23.5. The lowest BCUT2D eigenvalue weighted by atomic mass is 10.0. The second-order valence-corrected chi connectivity index (χ2v) is 7.84. The van der Waals surface area contributed by atoms with Crippen LogP contribution < -0.4 is 19.1 Å². The van der Waals surface area contributed by atoms with Crippen LogP contribution in [0.3, 0.4) is 0 Å². The fraction of sp³-hybridized carbons (Fsp3) is 0.391. The first kappa shape index (κ1) is 22.4. The molecule has 1 fully saturated rings. The third kappa shape index (κ3) is 4.28. The number of hydrogen-bond donors (Lipinski definition) is 0. The van der Waals surface area contributed by atoms with Crippen molar-refractivity contribution in [2.45, 2.75) is 32.2 Å². The van der Waals surface area contributed by atoms with E-state index in [1.165, 1.54) is 27.4 Å². The van der Waals surface area contributed by atoms with Crippen LogP contribution in [-0.4, -0.2) is 49.0 Å². The molecule has 0 amide bonds. The van der Waals surface area contributed by atoms with Crippen molar-refractivity contribution in [2.75, 3.05) is 32.8 Å². The Morgan fingerprint density at radius 2 is 1.79 bits per heavy atom. The van der Waals surface area contributed by atoms with Gasteiger partial charge in [-0.3, -0.25) is 10.1 Å². The molecular weight excluding hydrogens is 428 g/mol. The molecule has 4 rings (SSSR count). The summed E-state index contributed by atoms with van der Waals surface area (Å²) >= 11 is 0. The van der Waals surface area contributed by atoms with Gasteiger partial charge in [0.2, 0.25) is 11.6 Å². The van der Waals surface area contributed by atoms with Crippen molar-refractivity contribution in [2.24, 2.45) is 0 Å². The molecule has 1 atom stereocenters. The molecule has 0 unspecified atom stereocenters. The molecule has 2 heterocycles. The Morgan fingerprint density at radius 1 is 1.06 bits per heavy atom. The van der Waals surface area contributed by atoms with Crippen LogP contribution >= 0.6 is 0 Å². The number of benzene rings is 2. The number of aromatic nitrogens is 2. The molecule has 10 nitrogen and oxygen atoms in total. The van der Waals surface area contributed by atoms with Crippen LogP contribution in [0.25, 0.3) is 22.8 Å². The fourth-order valence-electron chi connectivity index (χ4n) is 4.17. The number of hydrogen-bond acceptors (Lipinski definition) is 9. The summed E-state index contributed by atoms with van der Waals surface area (Å²) in [6, 6.07) is 8.69. The molecule has 0 bridgehead atoms. The summed E-state index contributed by atoms with van der Waals surface area (Å²) in [4.78, 5) is 18.0. The van der Waals surface area contributed by atoms with Gasteiger partial charge < -0.3 is 23.6 Å². The van der Waals surface area contributed by atoms with E-state index in [-0.39, 0.29) is 22.5 Å². The number of methoxy groups -OCH3 is 3. The first-order valence-electron chi connectivity index (χ1n) is 10.7. The predicted molar refractivity (Wildman–Crippen MR) is 122 cm³/mol. The molecule has 1 saturated heterocycles. The number of piperidine rings is 1. The third-order valence-electron chi connectivity index (χ3n) is 5.88. The number of rotatable bonds is 7. The first-order valence-corrected chi connectivity index (χ1v) is 10.7. The minimum atomic E-state index is -0.364. The Hall–Kier alpha value is -3.82. The maximum atomic E-state index is 11.9. The van der Waals surface area contributed by atoms with Crippen molar-refractivity contribution in [1.29, 1.82) is 0 Å². The molecule has 3 aromatic rings. The Labute approximate surface area is 191 Å². The van der Waals surface area contributed by atoms with E-state index in [0.29, 0.717) is 39.9 Å². The molecule has 174 valence electrons. The van der Waals surface area contributed by atoms with Gasteiger partial charge in [0.25, 0.3) is 11.6 Å². The van der Waals surface area contributed by atoms with Gasteiger partial charge in [0.15, 0.2) is 11.5 Å². The zero-order valence-electron chi connectivity index (χ0n) is 19.0. The molecule has 0 radical (unpaired) electrons. The van der Waals surface area contributed by atoms with E-state index in [9.17, 15) is 10.1 Å². The van der Waals surface area contributed by atoms with Gasteiger partial charge in [0.05, 0.1) is 26.3 Å². The monoisotopic (exact) mass is 454 g/mol. The van der Waals surface area contributed by atoms with Gasteiger partial charge in [0, 0.05) is 29.8 Å². The fourth-order valence-corrected chi connectivity index (χ4v) is 4.17. The summed E-state index contributed by atoms with van der Waals surface area (Å²) in [5.41, 5.74) is 1.70. The van der Waals surface area contributed by atoms with E-state index in [0.717, 1.165) is 25.8 Å². The summed E-state index contributed by atoms with van der Waals surface area (Å²) in [5.74, 6) is 1.83. The summed E-state index contributed by atoms with van der Waals surface area (Å²) in [6.07, 6.45) is 3.17. The van der Waals surface area contributed by atoms with Crippen LogP contribution in [-0.2, 0) is 0 Å². The summed E-state index contributed by atoms with van der Waals surface area (Å²) in [7, 11) is 4.56. The quantitative estimate of drug-likeness (QED) is 0.370. The lowest BCUT2D eigenvalue weighted by molar-refractivity contribution is -0.384. The molecule has 0 spiro atoms. The van der Waals surface area contributed by atoms with E-state index >= 15 is 0 Å². The van der Waals surface area contributed by atoms with Gasteiger partial charge in [-0.15, -0.1) is 0 Å². The number of nitrogens with zero attached hydrogens (tertiary/aromatic N) is 4. The Balaban J connectivity index is 1.70. The van der Waals surface area contributed by atoms with Gasteiger partial charge in [-0.1, -0.05) is 5.16 Å². The predicted octanol–water partition coefficient (Wildman–Crippen LogP) is 4.72. The SMILES string of the molecule is COc1cc(-c2noc(-c3ccc(N4CCCC[C@@H]4C)c([N+](=O)[O-])c3)n2)cc(OC)c1OC. The smallest absolute Gasteiger partial charge is 0.293 e. The second-order valence-electron chi connectivity index (χ2n) is 7.84. The van der Waals surface area contributed by atoms with Crippen molar-refractivity contribution >= 4 is 11.4 Å². The zero-order valence-corrected chi connectivity index (χ0v) is 19.0. The lowest BCUT2D eigenvalue weighted by Crippen LogP contribution is -2.37. The molecule has 0 saturated carbocycles. The van der Waals surface area contributed by atoms with Crippen LogP contribution in [0.15, 0.2) is 34.9 Å². The van der Waals surface area contributed by atoms with Crippen LogP contribution in [0.5, 0.6) is 17.2 Å². The summed E-state index contributed by atoms with van der Waals surface area (Å²) in [5, 5.41) is 15.9. The largest absolute Gasteiger partial charge is 0.493 e. The number of nitro benzene ring substituents is 1. The minimum Gasteiger partial charge on any atom is -0.493 e. The van der Waals surface area contributed by atoms with Crippen molar-refractivity contribution in [1.82, 2.24) is 10.1 Å². The van der Waals surface area contributed by atoms with E-state index < -0.39 is 0 Å². The van der Waals surface area contributed by atoms with Gasteiger partial charge in [-0.2, -0.15) is 4.98 Å². The summed E-state index contributed by atoms with van der Waals surface area (Å²) < 4.78 is 21.6. The van der Waals surface area contributed by atoms with E-state index in [1.807, 2.05) is 0 Å². The molecule has 1 aromatic heterocycles. The van der Waals surface area contributed by atoms with Gasteiger partial charge in [-0.05, 0) is 50.5 Å². The highest BCUT2D eigenvalue weighted by Crippen LogP contribution is 2.41. The van der Waals surface area contributed by atoms with Crippen molar-refractivity contribution < 1.29 is 23.7 Å². The number of nitro groups is 1. The van der Waals surface area contributed by atoms with Crippen LogP contribution in [0.1, 0.15) is 26.2 Å². The first-order chi connectivity index (χ1) is 16.0. The maximum absolute atomic E-state index is 11.9. The van der Waals surface area contributed by atoms with E-state index in [1.54, 1.807) is 24.3 Å². The Morgan fingerprint density at radius 3 is 2.39 bits per heavy atom. The van der Waals surface area contributed by atoms with Gasteiger partial charge in [0.1, 0.15) is 5.69 Å². The molecular formula is C23H26N4O6. The average Bonchev–Trinajstić information content (AvgIpc) is 3.33. The summed E-state index contributed by atoms with van der Waals surface area (Å²) in [6.45, 7) is 2.89. The number of anilines is 1. The van der Waals surface area contributed by atoms with Gasteiger partial charge >= 0.3 is 0 Å². The molecule has 33 heavy (non-hydrogen) atoms. The Bertz CT molecular complexity index is 1140.